The Bertz CT molecular complexity index is 455. The van der Waals surface area contributed by atoms with Gasteiger partial charge in [-0.1, -0.05) is 12.1 Å². The van der Waals surface area contributed by atoms with Crippen molar-refractivity contribution < 1.29 is 9.18 Å². The van der Waals surface area contributed by atoms with Crippen molar-refractivity contribution in [2.75, 3.05) is 32.4 Å². The van der Waals surface area contributed by atoms with Crippen LogP contribution >= 0.6 is 11.8 Å². The molecule has 3 nitrogen and oxygen atoms in total. The Labute approximate surface area is 123 Å². The summed E-state index contributed by atoms with van der Waals surface area (Å²) < 4.78 is 13.4. The van der Waals surface area contributed by atoms with E-state index >= 15 is 0 Å². The monoisotopic (exact) mass is 296 g/mol. The number of nitrogens with one attached hydrogen (secondary N) is 1. The molecule has 1 N–H and O–H groups in total. The molecular formula is C15H21FN2OS. The second-order valence-electron chi connectivity index (χ2n) is 5.08. The Morgan fingerprint density at radius 1 is 1.50 bits per heavy atom. The van der Waals surface area contributed by atoms with E-state index in [1.807, 2.05) is 18.0 Å². The van der Waals surface area contributed by atoms with Crippen LogP contribution in [0.5, 0.6) is 0 Å². The predicted molar refractivity (Wildman–Crippen MR) is 80.4 cm³/mol. The fourth-order valence-electron chi connectivity index (χ4n) is 2.48. The van der Waals surface area contributed by atoms with E-state index in [1.54, 1.807) is 12.1 Å². The SMILES string of the molecule is CNCC1CCN(C(=O)CCSc2ccccc2F)C1. The fourth-order valence-corrected chi connectivity index (χ4v) is 3.36. The number of carbonyl (C=O) groups is 1. The quantitative estimate of drug-likeness (QED) is 0.818. The van der Waals surface area contributed by atoms with Gasteiger partial charge in [-0.3, -0.25) is 4.79 Å². The van der Waals surface area contributed by atoms with Crippen molar-refractivity contribution in [1.29, 1.82) is 0 Å². The summed E-state index contributed by atoms with van der Waals surface area (Å²) in [5, 5.41) is 3.16. The molecule has 2 rings (SSSR count). The first kappa shape index (κ1) is 15.3. The summed E-state index contributed by atoms with van der Waals surface area (Å²) in [7, 11) is 1.94. The van der Waals surface area contributed by atoms with E-state index in [0.29, 0.717) is 23.0 Å². The van der Waals surface area contributed by atoms with Gasteiger partial charge in [0.2, 0.25) is 5.91 Å². The van der Waals surface area contributed by atoms with Gasteiger partial charge in [-0.25, -0.2) is 4.39 Å². The lowest BCUT2D eigenvalue weighted by Gasteiger charge is -2.16. The van der Waals surface area contributed by atoms with Crippen LogP contribution < -0.4 is 5.32 Å². The summed E-state index contributed by atoms with van der Waals surface area (Å²) in [6, 6.07) is 6.70. The van der Waals surface area contributed by atoms with Crippen LogP contribution in [0.1, 0.15) is 12.8 Å². The van der Waals surface area contributed by atoms with Gasteiger partial charge < -0.3 is 10.2 Å². The Kier molecular flexibility index (Phi) is 5.86. The van der Waals surface area contributed by atoms with Crippen molar-refractivity contribution in [2.24, 2.45) is 5.92 Å². The number of amides is 1. The molecule has 0 bridgehead atoms. The summed E-state index contributed by atoms with van der Waals surface area (Å²) in [5.41, 5.74) is 0. The molecule has 5 heteroatoms. The molecular weight excluding hydrogens is 275 g/mol. The van der Waals surface area contributed by atoms with Gasteiger partial charge in [-0.2, -0.15) is 0 Å². The van der Waals surface area contributed by atoms with E-state index in [9.17, 15) is 9.18 Å². The zero-order chi connectivity index (χ0) is 14.4. The lowest BCUT2D eigenvalue weighted by molar-refractivity contribution is -0.129. The van der Waals surface area contributed by atoms with Gasteiger partial charge in [-0.15, -0.1) is 11.8 Å². The number of likely N-dealkylation sites (tertiary alicyclic amines) is 1. The molecule has 1 saturated heterocycles. The van der Waals surface area contributed by atoms with Gasteiger partial charge in [0.15, 0.2) is 0 Å². The third kappa shape index (κ3) is 4.21. The minimum atomic E-state index is -0.208. The number of thioether (sulfide) groups is 1. The predicted octanol–water partition coefficient (Wildman–Crippen LogP) is 2.38. The van der Waals surface area contributed by atoms with Crippen LogP contribution in [-0.4, -0.2) is 43.2 Å². The Morgan fingerprint density at radius 2 is 2.30 bits per heavy atom. The Balaban J connectivity index is 1.72. The van der Waals surface area contributed by atoms with Crippen molar-refractivity contribution in [2.45, 2.75) is 17.7 Å². The first-order chi connectivity index (χ1) is 9.70. The molecule has 1 fully saturated rings. The van der Waals surface area contributed by atoms with E-state index in [2.05, 4.69) is 5.32 Å². The highest BCUT2D eigenvalue weighted by molar-refractivity contribution is 7.99. The van der Waals surface area contributed by atoms with Crippen LogP contribution in [-0.2, 0) is 4.79 Å². The molecule has 1 aromatic carbocycles. The maximum absolute atomic E-state index is 13.4. The second-order valence-corrected chi connectivity index (χ2v) is 6.22. The highest BCUT2D eigenvalue weighted by Crippen LogP contribution is 2.23. The molecule has 1 aliphatic heterocycles. The van der Waals surface area contributed by atoms with E-state index < -0.39 is 0 Å². The largest absolute Gasteiger partial charge is 0.342 e. The molecule has 1 unspecified atom stereocenters. The molecule has 0 aliphatic carbocycles. The van der Waals surface area contributed by atoms with Gasteiger partial charge >= 0.3 is 0 Å². The van der Waals surface area contributed by atoms with Crippen LogP contribution in [0.2, 0.25) is 0 Å². The third-order valence-electron chi connectivity index (χ3n) is 3.54. The van der Waals surface area contributed by atoms with Gasteiger partial charge in [0.1, 0.15) is 5.82 Å². The average Bonchev–Trinajstić information content (AvgIpc) is 2.90. The molecule has 1 aliphatic rings. The zero-order valence-corrected chi connectivity index (χ0v) is 12.6. The van der Waals surface area contributed by atoms with Gasteiger partial charge in [0, 0.05) is 30.2 Å². The lowest BCUT2D eigenvalue weighted by atomic mass is 10.1. The summed E-state index contributed by atoms with van der Waals surface area (Å²) in [4.78, 5) is 14.6. The van der Waals surface area contributed by atoms with Crippen molar-refractivity contribution in [3.8, 4) is 0 Å². The highest BCUT2D eigenvalue weighted by Gasteiger charge is 2.25. The molecule has 0 spiro atoms. The first-order valence-electron chi connectivity index (χ1n) is 7.00. The van der Waals surface area contributed by atoms with Crippen LogP contribution in [0.3, 0.4) is 0 Å². The maximum atomic E-state index is 13.4. The number of nitrogens with zero attached hydrogens (tertiary/aromatic N) is 1. The Morgan fingerprint density at radius 3 is 3.05 bits per heavy atom. The maximum Gasteiger partial charge on any atom is 0.223 e. The third-order valence-corrected chi connectivity index (χ3v) is 4.59. The number of hydrogen-bond acceptors (Lipinski definition) is 3. The van der Waals surface area contributed by atoms with Crippen LogP contribution in [0.25, 0.3) is 0 Å². The molecule has 0 radical (unpaired) electrons. The number of halogens is 1. The topological polar surface area (TPSA) is 32.3 Å². The number of benzene rings is 1. The van der Waals surface area contributed by atoms with Crippen LogP contribution in [0.4, 0.5) is 4.39 Å². The van der Waals surface area contributed by atoms with E-state index in [4.69, 9.17) is 0 Å². The smallest absolute Gasteiger partial charge is 0.223 e. The summed E-state index contributed by atoms with van der Waals surface area (Å²) in [6.45, 7) is 2.67. The van der Waals surface area contributed by atoms with Gasteiger partial charge in [-0.05, 0) is 38.1 Å². The summed E-state index contributed by atoms with van der Waals surface area (Å²) in [5.74, 6) is 1.18. The second kappa shape index (κ2) is 7.64. The van der Waals surface area contributed by atoms with Crippen molar-refractivity contribution in [1.82, 2.24) is 10.2 Å². The number of hydrogen-bond donors (Lipinski definition) is 1. The minimum absolute atomic E-state index is 0.187. The summed E-state index contributed by atoms with van der Waals surface area (Å²) >= 11 is 1.41. The van der Waals surface area contributed by atoms with Crippen LogP contribution in [0, 0.1) is 11.7 Å². The first-order valence-corrected chi connectivity index (χ1v) is 7.99. The fraction of sp³-hybridized carbons (Fsp3) is 0.533. The van der Waals surface area contributed by atoms with E-state index in [0.717, 1.165) is 26.1 Å². The molecule has 1 amide bonds. The highest BCUT2D eigenvalue weighted by atomic mass is 32.2. The number of carbonyl (C=O) groups excluding carboxylic acids is 1. The average molecular weight is 296 g/mol. The molecule has 110 valence electrons. The zero-order valence-electron chi connectivity index (χ0n) is 11.8. The van der Waals surface area contributed by atoms with E-state index in [-0.39, 0.29) is 11.7 Å². The van der Waals surface area contributed by atoms with Gasteiger partial charge in [0.05, 0.1) is 0 Å². The van der Waals surface area contributed by atoms with Crippen molar-refractivity contribution in [3.05, 3.63) is 30.1 Å². The number of rotatable bonds is 6. The van der Waals surface area contributed by atoms with Gasteiger partial charge in [0.25, 0.3) is 0 Å². The molecule has 1 atom stereocenters. The van der Waals surface area contributed by atoms with Crippen molar-refractivity contribution in [3.63, 3.8) is 0 Å². The normalized spacial score (nSPS) is 18.5. The Hall–Kier alpha value is -1.07. The standard InChI is InChI=1S/C15H21FN2OS/c1-17-10-12-6-8-18(11-12)15(19)7-9-20-14-5-3-2-4-13(14)16/h2-5,12,17H,6-11H2,1H3. The molecule has 20 heavy (non-hydrogen) atoms. The van der Waals surface area contributed by atoms with E-state index in [1.165, 1.54) is 17.8 Å². The summed E-state index contributed by atoms with van der Waals surface area (Å²) in [6.07, 6.45) is 1.55. The molecule has 0 saturated carbocycles. The lowest BCUT2D eigenvalue weighted by Crippen LogP contribution is -2.30. The van der Waals surface area contributed by atoms with Crippen LogP contribution in [0.15, 0.2) is 29.2 Å². The van der Waals surface area contributed by atoms with Crippen molar-refractivity contribution >= 4 is 17.7 Å². The molecule has 1 heterocycles. The minimum Gasteiger partial charge on any atom is -0.342 e. The molecule has 0 aromatic heterocycles. The molecule has 1 aromatic rings.